The number of nitrogens with zero attached hydrogens (tertiary/aromatic N) is 1. The molecule has 0 radical (unpaired) electrons. The highest BCUT2D eigenvalue weighted by atomic mass is 16.5. The second-order valence-corrected chi connectivity index (χ2v) is 5.29. The Hall–Kier alpha value is -1.55. The van der Waals surface area contributed by atoms with Crippen LogP contribution in [0, 0.1) is 5.92 Å². The van der Waals surface area contributed by atoms with Crippen LogP contribution in [0.15, 0.2) is 24.3 Å². The third kappa shape index (κ3) is 2.89. The molecule has 2 aliphatic heterocycles. The van der Waals surface area contributed by atoms with E-state index in [2.05, 4.69) is 22.3 Å². The molecule has 102 valence electrons. The van der Waals surface area contributed by atoms with Crippen molar-refractivity contribution in [2.45, 2.75) is 19.3 Å². The third-order valence-electron chi connectivity index (χ3n) is 3.91. The minimum absolute atomic E-state index is 0.0123. The number of carbonyl (C=O) groups excluding carboxylic acids is 1. The lowest BCUT2D eigenvalue weighted by Crippen LogP contribution is -2.23. The Balaban J connectivity index is 1.60. The minimum atomic E-state index is 0.0123. The second kappa shape index (κ2) is 5.61. The highest BCUT2D eigenvalue weighted by molar-refractivity contribution is 5.92. The number of ether oxygens (including phenoxy) is 1. The number of hydrogen-bond acceptors (Lipinski definition) is 3. The number of nitrogens with one attached hydrogen (secondary N) is 1. The minimum Gasteiger partial charge on any atom is -0.381 e. The van der Waals surface area contributed by atoms with Crippen LogP contribution in [-0.2, 0) is 9.53 Å². The van der Waals surface area contributed by atoms with Gasteiger partial charge in [0.05, 0.1) is 12.5 Å². The molecule has 0 aliphatic carbocycles. The molecule has 4 heteroatoms. The molecule has 0 aromatic heterocycles. The Morgan fingerprint density at radius 1 is 1.21 bits per heavy atom. The van der Waals surface area contributed by atoms with Crippen LogP contribution in [0.25, 0.3) is 0 Å². The predicted octanol–water partition coefficient (Wildman–Crippen LogP) is 2.26. The molecular formula is C15H20N2O2. The van der Waals surface area contributed by atoms with Crippen molar-refractivity contribution in [2.75, 3.05) is 36.5 Å². The average molecular weight is 260 g/mol. The maximum Gasteiger partial charge on any atom is 0.229 e. The van der Waals surface area contributed by atoms with Gasteiger partial charge in [-0.05, 0) is 43.5 Å². The first-order valence-electron chi connectivity index (χ1n) is 7.06. The van der Waals surface area contributed by atoms with Gasteiger partial charge in [-0.1, -0.05) is 0 Å². The summed E-state index contributed by atoms with van der Waals surface area (Å²) in [6.45, 7) is 3.54. The zero-order valence-electron chi connectivity index (χ0n) is 11.1. The molecule has 2 aliphatic rings. The highest BCUT2D eigenvalue weighted by Gasteiger charge is 2.23. The van der Waals surface area contributed by atoms with Gasteiger partial charge in [-0.2, -0.15) is 0 Å². The van der Waals surface area contributed by atoms with Gasteiger partial charge >= 0.3 is 0 Å². The molecule has 2 fully saturated rings. The lowest BCUT2D eigenvalue weighted by molar-refractivity contribution is -0.119. The van der Waals surface area contributed by atoms with Crippen LogP contribution in [0.4, 0.5) is 11.4 Å². The lowest BCUT2D eigenvalue weighted by atomic mass is 10.1. The van der Waals surface area contributed by atoms with Gasteiger partial charge in [-0.3, -0.25) is 4.79 Å². The van der Waals surface area contributed by atoms with E-state index >= 15 is 0 Å². The first-order chi connectivity index (χ1) is 9.33. The first kappa shape index (κ1) is 12.5. The number of amides is 1. The van der Waals surface area contributed by atoms with Crippen molar-refractivity contribution in [2.24, 2.45) is 5.92 Å². The van der Waals surface area contributed by atoms with Gasteiger partial charge in [0.25, 0.3) is 0 Å². The van der Waals surface area contributed by atoms with Crippen molar-refractivity contribution in [3.8, 4) is 0 Å². The van der Waals surface area contributed by atoms with Gasteiger partial charge in [0.1, 0.15) is 0 Å². The molecule has 1 atom stereocenters. The Morgan fingerprint density at radius 3 is 2.58 bits per heavy atom. The van der Waals surface area contributed by atoms with E-state index in [4.69, 9.17) is 4.74 Å². The number of carbonyl (C=O) groups is 1. The number of hydrogen-bond donors (Lipinski definition) is 1. The molecule has 19 heavy (non-hydrogen) atoms. The van der Waals surface area contributed by atoms with Gasteiger partial charge in [-0.25, -0.2) is 0 Å². The molecule has 0 saturated carbocycles. The standard InChI is InChI=1S/C15H20N2O2/c18-15(12-7-10-19-11-12)16-13-3-5-14(6-4-13)17-8-1-2-9-17/h3-6,12H,1-2,7-11H2,(H,16,18). The largest absolute Gasteiger partial charge is 0.381 e. The summed E-state index contributed by atoms with van der Waals surface area (Å²) < 4.78 is 5.24. The van der Waals surface area contributed by atoms with Gasteiger partial charge in [0.2, 0.25) is 5.91 Å². The predicted molar refractivity (Wildman–Crippen MR) is 75.4 cm³/mol. The fourth-order valence-electron chi connectivity index (χ4n) is 2.72. The van der Waals surface area contributed by atoms with Crippen molar-refractivity contribution in [3.63, 3.8) is 0 Å². The lowest BCUT2D eigenvalue weighted by Gasteiger charge is -2.18. The molecule has 2 heterocycles. The number of anilines is 2. The highest BCUT2D eigenvalue weighted by Crippen LogP contribution is 2.23. The molecule has 1 aromatic rings. The SMILES string of the molecule is O=C(Nc1ccc(N2CCCC2)cc1)C1CCOC1. The molecule has 1 aromatic carbocycles. The molecule has 2 saturated heterocycles. The van der Waals surface area contributed by atoms with E-state index in [9.17, 15) is 4.79 Å². The average Bonchev–Trinajstić information content (AvgIpc) is 3.13. The summed E-state index contributed by atoms with van der Waals surface area (Å²) in [4.78, 5) is 14.3. The van der Waals surface area contributed by atoms with E-state index in [1.54, 1.807) is 0 Å². The fourth-order valence-corrected chi connectivity index (χ4v) is 2.72. The van der Waals surface area contributed by atoms with Crippen molar-refractivity contribution < 1.29 is 9.53 Å². The molecule has 1 amide bonds. The normalized spacial score (nSPS) is 22.7. The molecule has 1 unspecified atom stereocenters. The summed E-state index contributed by atoms with van der Waals surface area (Å²) in [5, 5.41) is 2.96. The molecule has 0 spiro atoms. The van der Waals surface area contributed by atoms with Crippen LogP contribution >= 0.6 is 0 Å². The van der Waals surface area contributed by atoms with Crippen molar-refractivity contribution in [1.82, 2.24) is 0 Å². The molecule has 0 bridgehead atoms. The van der Waals surface area contributed by atoms with E-state index in [1.807, 2.05) is 12.1 Å². The summed E-state index contributed by atoms with van der Waals surface area (Å²) >= 11 is 0. The quantitative estimate of drug-likeness (QED) is 0.906. The van der Waals surface area contributed by atoms with E-state index in [0.717, 1.165) is 25.2 Å². The molecule has 4 nitrogen and oxygen atoms in total. The Labute approximate surface area is 113 Å². The van der Waals surface area contributed by atoms with Crippen molar-refractivity contribution in [3.05, 3.63) is 24.3 Å². The van der Waals surface area contributed by atoms with Crippen molar-refractivity contribution in [1.29, 1.82) is 0 Å². The zero-order chi connectivity index (χ0) is 13.1. The Morgan fingerprint density at radius 2 is 1.95 bits per heavy atom. The monoisotopic (exact) mass is 260 g/mol. The van der Waals surface area contributed by atoms with Crippen molar-refractivity contribution >= 4 is 17.3 Å². The van der Waals surface area contributed by atoms with E-state index in [0.29, 0.717) is 13.2 Å². The van der Waals surface area contributed by atoms with Crippen LogP contribution in [0.1, 0.15) is 19.3 Å². The summed E-state index contributed by atoms with van der Waals surface area (Å²) in [5.74, 6) is 0.0877. The summed E-state index contributed by atoms with van der Waals surface area (Å²) in [6.07, 6.45) is 3.39. The molecule has 3 rings (SSSR count). The van der Waals surface area contributed by atoms with E-state index < -0.39 is 0 Å². The van der Waals surface area contributed by atoms with Crippen LogP contribution in [0.3, 0.4) is 0 Å². The molecule has 1 N–H and O–H groups in total. The smallest absolute Gasteiger partial charge is 0.229 e. The summed E-state index contributed by atoms with van der Waals surface area (Å²) in [6, 6.07) is 8.15. The van der Waals surface area contributed by atoms with E-state index in [1.165, 1.54) is 18.5 Å². The zero-order valence-corrected chi connectivity index (χ0v) is 11.1. The van der Waals surface area contributed by atoms with Gasteiger partial charge in [0, 0.05) is 31.1 Å². The second-order valence-electron chi connectivity index (χ2n) is 5.29. The van der Waals surface area contributed by atoms with Crippen LogP contribution in [-0.4, -0.2) is 32.2 Å². The van der Waals surface area contributed by atoms with Gasteiger partial charge in [-0.15, -0.1) is 0 Å². The molecular weight excluding hydrogens is 240 g/mol. The van der Waals surface area contributed by atoms with Crippen LogP contribution in [0.2, 0.25) is 0 Å². The fraction of sp³-hybridized carbons (Fsp3) is 0.533. The van der Waals surface area contributed by atoms with Gasteiger partial charge in [0.15, 0.2) is 0 Å². The first-order valence-corrected chi connectivity index (χ1v) is 7.06. The van der Waals surface area contributed by atoms with Crippen LogP contribution in [0.5, 0.6) is 0 Å². The maximum absolute atomic E-state index is 12.0. The maximum atomic E-state index is 12.0. The topological polar surface area (TPSA) is 41.6 Å². The number of benzene rings is 1. The Bertz CT molecular complexity index is 432. The number of rotatable bonds is 3. The van der Waals surface area contributed by atoms with Gasteiger partial charge < -0.3 is 15.0 Å². The Kier molecular flexibility index (Phi) is 3.69. The summed E-state index contributed by atoms with van der Waals surface area (Å²) in [7, 11) is 0. The van der Waals surface area contributed by atoms with E-state index in [-0.39, 0.29) is 11.8 Å². The van der Waals surface area contributed by atoms with Crippen LogP contribution < -0.4 is 10.2 Å². The third-order valence-corrected chi connectivity index (χ3v) is 3.91. The summed E-state index contributed by atoms with van der Waals surface area (Å²) in [5.41, 5.74) is 2.12.